The molecule has 1 saturated heterocycles. The number of benzene rings is 2. The Labute approximate surface area is 164 Å². The van der Waals surface area contributed by atoms with Crippen LogP contribution in [0.4, 0.5) is 5.69 Å². The number of ether oxygens (including phenoxy) is 1. The molecule has 0 aliphatic carbocycles. The molecule has 1 aliphatic heterocycles. The van der Waals surface area contributed by atoms with E-state index in [0.717, 1.165) is 12.8 Å². The fraction of sp³-hybridized carbons (Fsp3) is 0.300. The summed E-state index contributed by atoms with van der Waals surface area (Å²) in [5.74, 6) is -0.985. The highest BCUT2D eigenvalue weighted by atomic mass is 32.2. The minimum absolute atomic E-state index is 0.164. The van der Waals surface area contributed by atoms with Crippen LogP contribution in [0.2, 0.25) is 0 Å². The SMILES string of the molecule is COC(=O)c1c(C)cccc1NC(=O)c1ccc(S(=O)(=O)N2CCCC2)cc1. The van der Waals surface area contributed by atoms with Crippen LogP contribution in [0.5, 0.6) is 0 Å². The van der Waals surface area contributed by atoms with Gasteiger partial charge in [0.05, 0.1) is 23.3 Å². The summed E-state index contributed by atoms with van der Waals surface area (Å²) in [5, 5.41) is 2.70. The molecule has 1 N–H and O–H groups in total. The molecule has 1 heterocycles. The molecule has 0 aromatic heterocycles. The summed E-state index contributed by atoms with van der Waals surface area (Å²) in [4.78, 5) is 24.8. The van der Waals surface area contributed by atoms with E-state index in [9.17, 15) is 18.0 Å². The smallest absolute Gasteiger partial charge is 0.340 e. The van der Waals surface area contributed by atoms with E-state index in [0.29, 0.717) is 24.3 Å². The van der Waals surface area contributed by atoms with Gasteiger partial charge in [-0.2, -0.15) is 4.31 Å². The highest BCUT2D eigenvalue weighted by Gasteiger charge is 2.27. The topological polar surface area (TPSA) is 92.8 Å². The fourth-order valence-corrected chi connectivity index (χ4v) is 4.71. The molecule has 7 nitrogen and oxygen atoms in total. The lowest BCUT2D eigenvalue weighted by Crippen LogP contribution is -2.27. The molecule has 3 rings (SSSR count). The number of carbonyl (C=O) groups is 2. The van der Waals surface area contributed by atoms with E-state index in [1.807, 2.05) is 0 Å². The first-order valence-electron chi connectivity index (χ1n) is 8.94. The van der Waals surface area contributed by atoms with Gasteiger partial charge in [0.25, 0.3) is 5.91 Å². The molecular weight excluding hydrogens is 380 g/mol. The van der Waals surface area contributed by atoms with E-state index >= 15 is 0 Å². The third-order valence-corrected chi connectivity index (χ3v) is 6.64. The maximum atomic E-state index is 12.6. The van der Waals surface area contributed by atoms with E-state index in [4.69, 9.17) is 4.74 Å². The van der Waals surface area contributed by atoms with Gasteiger partial charge < -0.3 is 10.1 Å². The number of hydrogen-bond acceptors (Lipinski definition) is 5. The lowest BCUT2D eigenvalue weighted by molar-refractivity contribution is 0.0601. The number of nitrogens with one attached hydrogen (secondary N) is 1. The van der Waals surface area contributed by atoms with Crippen LogP contribution in [0.15, 0.2) is 47.4 Å². The molecule has 0 unspecified atom stereocenters. The first-order chi connectivity index (χ1) is 13.3. The molecule has 8 heteroatoms. The van der Waals surface area contributed by atoms with Crippen molar-refractivity contribution in [1.82, 2.24) is 4.31 Å². The summed E-state index contributed by atoms with van der Waals surface area (Å²) in [5.41, 5.74) is 1.59. The predicted molar refractivity (Wildman–Crippen MR) is 105 cm³/mol. The fourth-order valence-electron chi connectivity index (χ4n) is 3.20. The molecule has 148 valence electrons. The van der Waals surface area contributed by atoms with Gasteiger partial charge in [-0.3, -0.25) is 4.79 Å². The summed E-state index contributed by atoms with van der Waals surface area (Å²) in [7, 11) is -2.25. The van der Waals surface area contributed by atoms with Gasteiger partial charge in [0, 0.05) is 18.7 Å². The molecule has 1 fully saturated rings. The summed E-state index contributed by atoms with van der Waals surface area (Å²) in [6.07, 6.45) is 1.72. The van der Waals surface area contributed by atoms with Crippen LogP contribution in [0.1, 0.15) is 39.1 Å². The summed E-state index contributed by atoms with van der Waals surface area (Å²) < 4.78 is 31.4. The Bertz CT molecular complexity index is 994. The van der Waals surface area contributed by atoms with E-state index in [-0.39, 0.29) is 16.0 Å². The number of rotatable bonds is 5. The zero-order valence-corrected chi connectivity index (χ0v) is 16.6. The van der Waals surface area contributed by atoms with Crippen molar-refractivity contribution in [3.05, 3.63) is 59.2 Å². The van der Waals surface area contributed by atoms with Crippen LogP contribution in [0, 0.1) is 6.92 Å². The number of amides is 1. The Morgan fingerprint density at radius 3 is 2.29 bits per heavy atom. The Kier molecular flexibility index (Phi) is 5.81. The van der Waals surface area contributed by atoms with Crippen molar-refractivity contribution in [1.29, 1.82) is 0 Å². The Balaban J connectivity index is 1.81. The van der Waals surface area contributed by atoms with Gasteiger partial charge in [-0.05, 0) is 55.7 Å². The van der Waals surface area contributed by atoms with Gasteiger partial charge in [0.2, 0.25) is 10.0 Å². The normalized spacial score (nSPS) is 14.6. The number of esters is 1. The number of sulfonamides is 1. The lowest BCUT2D eigenvalue weighted by Gasteiger charge is -2.16. The predicted octanol–water partition coefficient (Wildman–Crippen LogP) is 2.82. The van der Waals surface area contributed by atoms with Gasteiger partial charge in [-0.15, -0.1) is 0 Å². The number of nitrogens with zero attached hydrogens (tertiary/aromatic N) is 1. The van der Waals surface area contributed by atoms with Crippen molar-refractivity contribution < 1.29 is 22.7 Å². The third-order valence-electron chi connectivity index (χ3n) is 4.73. The molecule has 0 spiro atoms. The Morgan fingerprint density at radius 2 is 1.68 bits per heavy atom. The maximum Gasteiger partial charge on any atom is 0.340 e. The Hall–Kier alpha value is -2.71. The van der Waals surface area contributed by atoms with Gasteiger partial charge in [0.15, 0.2) is 0 Å². The molecule has 2 aromatic rings. The highest BCUT2D eigenvalue weighted by Crippen LogP contribution is 2.23. The standard InChI is InChI=1S/C20H22N2O5S/c1-14-6-5-7-17(18(14)20(24)27-2)21-19(23)15-8-10-16(11-9-15)28(25,26)22-12-3-4-13-22/h5-11H,3-4,12-13H2,1-2H3,(H,21,23). The molecule has 0 atom stereocenters. The van der Waals surface area contributed by atoms with Crippen LogP contribution in [0.3, 0.4) is 0 Å². The lowest BCUT2D eigenvalue weighted by atomic mass is 10.1. The molecule has 28 heavy (non-hydrogen) atoms. The first kappa shape index (κ1) is 20.0. The molecule has 2 aromatic carbocycles. The summed E-state index contributed by atoms with van der Waals surface area (Å²) >= 11 is 0. The van der Waals surface area contributed by atoms with Crippen molar-refractivity contribution in [2.24, 2.45) is 0 Å². The third kappa shape index (κ3) is 3.93. The number of hydrogen-bond donors (Lipinski definition) is 1. The molecular formula is C20H22N2O5S. The first-order valence-corrected chi connectivity index (χ1v) is 10.4. The largest absolute Gasteiger partial charge is 0.465 e. The molecule has 0 radical (unpaired) electrons. The van der Waals surface area contributed by atoms with Crippen LogP contribution in [-0.4, -0.2) is 44.8 Å². The van der Waals surface area contributed by atoms with E-state index in [1.54, 1.807) is 25.1 Å². The van der Waals surface area contributed by atoms with E-state index in [2.05, 4.69) is 5.32 Å². The van der Waals surface area contributed by atoms with Crippen molar-refractivity contribution in [2.45, 2.75) is 24.7 Å². The quantitative estimate of drug-likeness (QED) is 0.777. The summed E-state index contributed by atoms with van der Waals surface area (Å²) in [6, 6.07) is 10.9. The minimum atomic E-state index is -3.53. The summed E-state index contributed by atoms with van der Waals surface area (Å²) in [6.45, 7) is 2.79. The van der Waals surface area contributed by atoms with Crippen molar-refractivity contribution in [3.8, 4) is 0 Å². The molecule has 1 amide bonds. The van der Waals surface area contributed by atoms with Crippen LogP contribution in [0.25, 0.3) is 0 Å². The maximum absolute atomic E-state index is 12.6. The number of anilines is 1. The average Bonchev–Trinajstić information content (AvgIpc) is 3.23. The van der Waals surface area contributed by atoms with E-state index < -0.39 is 21.9 Å². The second-order valence-corrected chi connectivity index (χ2v) is 8.52. The monoisotopic (exact) mass is 402 g/mol. The van der Waals surface area contributed by atoms with Gasteiger partial charge in [0.1, 0.15) is 0 Å². The number of aryl methyl sites for hydroxylation is 1. The van der Waals surface area contributed by atoms with Crippen LogP contribution in [-0.2, 0) is 14.8 Å². The second kappa shape index (κ2) is 8.12. The minimum Gasteiger partial charge on any atom is -0.465 e. The molecule has 1 aliphatic rings. The van der Waals surface area contributed by atoms with Crippen molar-refractivity contribution in [3.63, 3.8) is 0 Å². The second-order valence-electron chi connectivity index (χ2n) is 6.58. The van der Waals surface area contributed by atoms with Crippen LogP contribution < -0.4 is 5.32 Å². The van der Waals surface area contributed by atoms with Crippen molar-refractivity contribution >= 4 is 27.6 Å². The zero-order valence-electron chi connectivity index (χ0n) is 15.8. The van der Waals surface area contributed by atoms with Gasteiger partial charge in [-0.25, -0.2) is 13.2 Å². The number of carbonyl (C=O) groups excluding carboxylic acids is 2. The van der Waals surface area contributed by atoms with Crippen molar-refractivity contribution in [2.75, 3.05) is 25.5 Å². The van der Waals surface area contributed by atoms with Gasteiger partial charge >= 0.3 is 5.97 Å². The Morgan fingerprint density at radius 1 is 1.04 bits per heavy atom. The molecule has 0 saturated carbocycles. The zero-order chi connectivity index (χ0) is 20.3. The highest BCUT2D eigenvalue weighted by molar-refractivity contribution is 7.89. The number of methoxy groups -OCH3 is 1. The van der Waals surface area contributed by atoms with Crippen LogP contribution >= 0.6 is 0 Å². The van der Waals surface area contributed by atoms with Gasteiger partial charge in [-0.1, -0.05) is 12.1 Å². The van der Waals surface area contributed by atoms with E-state index in [1.165, 1.54) is 35.7 Å². The molecule has 0 bridgehead atoms. The average molecular weight is 402 g/mol.